The van der Waals surface area contributed by atoms with Gasteiger partial charge in [0.15, 0.2) is 0 Å². The van der Waals surface area contributed by atoms with Crippen molar-refractivity contribution in [1.29, 1.82) is 0 Å². The van der Waals surface area contributed by atoms with E-state index >= 15 is 0 Å². The zero-order valence-electron chi connectivity index (χ0n) is 12.2. The molecule has 0 amide bonds. The standard InChI is InChI=1S/C15H24N2O2/c1-5-15(4,6-2)17-13-9-8-11(10-12(13)16)14(18)19-7-3/h8-10,17H,5-7,16H2,1-4H3. The van der Waals surface area contributed by atoms with Gasteiger partial charge in [0.25, 0.3) is 0 Å². The molecule has 0 radical (unpaired) electrons. The second kappa shape index (κ2) is 6.45. The predicted octanol–water partition coefficient (Wildman–Crippen LogP) is 3.44. The number of benzene rings is 1. The highest BCUT2D eigenvalue weighted by molar-refractivity contribution is 5.92. The maximum absolute atomic E-state index is 11.6. The molecule has 0 spiro atoms. The largest absolute Gasteiger partial charge is 0.462 e. The average molecular weight is 264 g/mol. The van der Waals surface area contributed by atoms with Gasteiger partial charge in [-0.15, -0.1) is 0 Å². The van der Waals surface area contributed by atoms with Gasteiger partial charge in [0.2, 0.25) is 0 Å². The van der Waals surface area contributed by atoms with Gasteiger partial charge >= 0.3 is 5.97 Å². The molecule has 1 rings (SSSR count). The van der Waals surface area contributed by atoms with Crippen molar-refractivity contribution in [3.05, 3.63) is 23.8 Å². The van der Waals surface area contributed by atoms with Gasteiger partial charge in [0.1, 0.15) is 0 Å². The third-order valence-corrected chi connectivity index (χ3v) is 3.56. The van der Waals surface area contributed by atoms with Crippen LogP contribution in [-0.4, -0.2) is 18.1 Å². The number of rotatable bonds is 6. The third kappa shape index (κ3) is 3.88. The zero-order valence-corrected chi connectivity index (χ0v) is 12.2. The van der Waals surface area contributed by atoms with Gasteiger partial charge < -0.3 is 15.8 Å². The fraction of sp³-hybridized carbons (Fsp3) is 0.533. The maximum Gasteiger partial charge on any atom is 0.338 e. The lowest BCUT2D eigenvalue weighted by Gasteiger charge is -2.30. The van der Waals surface area contributed by atoms with E-state index in [1.165, 1.54) is 0 Å². The number of anilines is 2. The first-order valence-electron chi connectivity index (χ1n) is 6.80. The minimum Gasteiger partial charge on any atom is -0.462 e. The van der Waals surface area contributed by atoms with Crippen LogP contribution in [0.15, 0.2) is 18.2 Å². The Hall–Kier alpha value is -1.71. The van der Waals surface area contributed by atoms with Crippen LogP contribution >= 0.6 is 0 Å². The Bertz CT molecular complexity index is 440. The molecule has 0 bridgehead atoms. The number of esters is 1. The summed E-state index contributed by atoms with van der Waals surface area (Å²) in [6.45, 7) is 8.58. The van der Waals surface area contributed by atoms with Crippen molar-refractivity contribution < 1.29 is 9.53 Å². The smallest absolute Gasteiger partial charge is 0.338 e. The van der Waals surface area contributed by atoms with Gasteiger partial charge in [0.05, 0.1) is 23.5 Å². The van der Waals surface area contributed by atoms with Gasteiger partial charge in [-0.3, -0.25) is 0 Å². The van der Waals surface area contributed by atoms with Crippen molar-refractivity contribution in [1.82, 2.24) is 0 Å². The number of hydrogen-bond acceptors (Lipinski definition) is 4. The van der Waals surface area contributed by atoms with Crippen molar-refractivity contribution in [3.8, 4) is 0 Å². The van der Waals surface area contributed by atoms with Crippen LogP contribution in [0.25, 0.3) is 0 Å². The molecule has 0 aliphatic heterocycles. The second-order valence-electron chi connectivity index (χ2n) is 4.92. The molecule has 0 saturated heterocycles. The molecule has 0 heterocycles. The molecule has 0 aliphatic carbocycles. The lowest BCUT2D eigenvalue weighted by Crippen LogP contribution is -2.33. The number of hydrogen-bond donors (Lipinski definition) is 2. The third-order valence-electron chi connectivity index (χ3n) is 3.56. The molecule has 106 valence electrons. The van der Waals surface area contributed by atoms with Crippen LogP contribution in [0.3, 0.4) is 0 Å². The minimum atomic E-state index is -0.338. The summed E-state index contributed by atoms with van der Waals surface area (Å²) in [6.07, 6.45) is 2.01. The highest BCUT2D eigenvalue weighted by atomic mass is 16.5. The SMILES string of the molecule is CCOC(=O)c1ccc(NC(C)(CC)CC)c(N)c1. The van der Waals surface area contributed by atoms with E-state index in [2.05, 4.69) is 26.1 Å². The summed E-state index contributed by atoms with van der Waals surface area (Å²) < 4.78 is 4.95. The van der Waals surface area contributed by atoms with Gasteiger partial charge in [-0.1, -0.05) is 13.8 Å². The molecule has 0 unspecified atom stereocenters. The molecule has 0 fully saturated rings. The highest BCUT2D eigenvalue weighted by Gasteiger charge is 2.20. The molecule has 3 N–H and O–H groups in total. The normalized spacial score (nSPS) is 11.2. The Labute approximate surface area is 115 Å². The van der Waals surface area contributed by atoms with E-state index in [9.17, 15) is 4.79 Å². The van der Waals surface area contributed by atoms with E-state index in [-0.39, 0.29) is 11.5 Å². The first-order chi connectivity index (χ1) is 8.95. The van der Waals surface area contributed by atoms with E-state index < -0.39 is 0 Å². The molecule has 0 aromatic heterocycles. The van der Waals surface area contributed by atoms with Crippen molar-refractivity contribution in [3.63, 3.8) is 0 Å². The summed E-state index contributed by atoms with van der Waals surface area (Å²) in [7, 11) is 0. The van der Waals surface area contributed by atoms with Crippen LogP contribution in [0.1, 0.15) is 50.9 Å². The van der Waals surface area contributed by atoms with Crippen LogP contribution in [-0.2, 0) is 4.74 Å². The Balaban J connectivity index is 2.92. The zero-order chi connectivity index (χ0) is 14.5. The number of nitrogens with one attached hydrogen (secondary N) is 1. The van der Waals surface area contributed by atoms with Crippen LogP contribution in [0, 0.1) is 0 Å². The molecule has 1 aromatic rings. The molecule has 1 aromatic carbocycles. The van der Waals surface area contributed by atoms with Gasteiger partial charge in [-0.2, -0.15) is 0 Å². The lowest BCUT2D eigenvalue weighted by molar-refractivity contribution is 0.0526. The monoisotopic (exact) mass is 264 g/mol. The number of ether oxygens (including phenoxy) is 1. The average Bonchev–Trinajstić information content (AvgIpc) is 2.41. The van der Waals surface area contributed by atoms with Gasteiger partial charge in [0, 0.05) is 5.54 Å². The van der Waals surface area contributed by atoms with Crippen LogP contribution in [0.4, 0.5) is 11.4 Å². The van der Waals surface area contributed by atoms with Crippen molar-refractivity contribution in [2.75, 3.05) is 17.7 Å². The first-order valence-corrected chi connectivity index (χ1v) is 6.80. The Kier molecular flexibility index (Phi) is 5.21. The van der Waals surface area contributed by atoms with Gasteiger partial charge in [-0.05, 0) is 44.9 Å². The van der Waals surface area contributed by atoms with E-state index in [1.54, 1.807) is 19.1 Å². The van der Waals surface area contributed by atoms with Gasteiger partial charge in [-0.25, -0.2) is 4.79 Å². The summed E-state index contributed by atoms with van der Waals surface area (Å²) in [5, 5.41) is 3.44. The molecular formula is C15H24N2O2. The molecule has 0 atom stereocenters. The molecule has 4 heteroatoms. The van der Waals surface area contributed by atoms with Crippen LogP contribution < -0.4 is 11.1 Å². The predicted molar refractivity (Wildman–Crippen MR) is 79.4 cm³/mol. The summed E-state index contributed by atoms with van der Waals surface area (Å²) >= 11 is 0. The highest BCUT2D eigenvalue weighted by Crippen LogP contribution is 2.27. The first kappa shape index (κ1) is 15.3. The maximum atomic E-state index is 11.6. The quantitative estimate of drug-likeness (QED) is 0.610. The number of carbonyl (C=O) groups excluding carboxylic acids is 1. The van der Waals surface area contributed by atoms with Crippen molar-refractivity contribution in [2.45, 2.75) is 46.1 Å². The minimum absolute atomic E-state index is 0.0135. The van der Waals surface area contributed by atoms with E-state index in [4.69, 9.17) is 10.5 Å². The van der Waals surface area contributed by atoms with Crippen LogP contribution in [0.2, 0.25) is 0 Å². The topological polar surface area (TPSA) is 64.3 Å². The number of carbonyl (C=O) groups is 1. The molecule has 0 aliphatic rings. The molecule has 19 heavy (non-hydrogen) atoms. The fourth-order valence-corrected chi connectivity index (χ4v) is 1.77. The molecular weight excluding hydrogens is 240 g/mol. The Morgan fingerprint density at radius 3 is 2.42 bits per heavy atom. The second-order valence-corrected chi connectivity index (χ2v) is 4.92. The Morgan fingerprint density at radius 2 is 1.95 bits per heavy atom. The summed E-state index contributed by atoms with van der Waals surface area (Å²) in [6, 6.07) is 5.24. The van der Waals surface area contributed by atoms with E-state index in [0.717, 1.165) is 18.5 Å². The van der Waals surface area contributed by atoms with E-state index in [0.29, 0.717) is 17.9 Å². The summed E-state index contributed by atoms with van der Waals surface area (Å²) in [5.41, 5.74) is 7.93. The van der Waals surface area contributed by atoms with Crippen molar-refractivity contribution in [2.24, 2.45) is 0 Å². The fourth-order valence-electron chi connectivity index (χ4n) is 1.77. The Morgan fingerprint density at radius 1 is 1.32 bits per heavy atom. The van der Waals surface area contributed by atoms with E-state index in [1.807, 2.05) is 6.07 Å². The van der Waals surface area contributed by atoms with Crippen LogP contribution in [0.5, 0.6) is 0 Å². The summed E-state index contributed by atoms with van der Waals surface area (Å²) in [5.74, 6) is -0.338. The molecule has 0 saturated carbocycles. The lowest BCUT2D eigenvalue weighted by atomic mass is 9.95. The molecule has 4 nitrogen and oxygen atoms in total. The summed E-state index contributed by atoms with van der Waals surface area (Å²) in [4.78, 5) is 11.6. The van der Waals surface area contributed by atoms with Crippen molar-refractivity contribution >= 4 is 17.3 Å². The number of nitrogen functional groups attached to an aromatic ring is 1. The number of nitrogens with two attached hydrogens (primary N) is 1.